The molecule has 1 amide bonds. The molecular formula is C16H14F3N3O2. The van der Waals surface area contributed by atoms with Crippen LogP contribution in [0, 0.1) is 12.3 Å². The van der Waals surface area contributed by atoms with Gasteiger partial charge in [0.15, 0.2) is 0 Å². The van der Waals surface area contributed by atoms with Gasteiger partial charge in [0, 0.05) is 7.05 Å². The van der Waals surface area contributed by atoms with E-state index in [2.05, 4.69) is 21.1 Å². The first-order valence-corrected chi connectivity index (χ1v) is 6.86. The van der Waals surface area contributed by atoms with Gasteiger partial charge < -0.3 is 10.1 Å². The minimum atomic E-state index is -4.74. The molecule has 0 saturated heterocycles. The molecule has 0 radical (unpaired) electrons. The zero-order chi connectivity index (χ0) is 17.9. The van der Waals surface area contributed by atoms with E-state index >= 15 is 0 Å². The Bertz CT molecular complexity index is 773. The van der Waals surface area contributed by atoms with Crippen LogP contribution in [-0.2, 0) is 7.05 Å². The van der Waals surface area contributed by atoms with Gasteiger partial charge in [-0.3, -0.25) is 9.48 Å². The van der Waals surface area contributed by atoms with Crippen LogP contribution in [0.15, 0.2) is 30.5 Å². The number of carbonyl (C=O) groups excluding carboxylic acids is 1. The number of hydrogen-bond acceptors (Lipinski definition) is 3. The third-order valence-electron chi connectivity index (χ3n) is 3.27. The summed E-state index contributed by atoms with van der Waals surface area (Å²) in [5, 5.41) is 6.65. The number of benzene rings is 1. The maximum atomic E-state index is 12.3. The molecule has 5 nitrogen and oxygen atoms in total. The van der Waals surface area contributed by atoms with Crippen LogP contribution >= 0.6 is 0 Å². The molecule has 1 atom stereocenters. The molecular weight excluding hydrogens is 323 g/mol. The summed E-state index contributed by atoms with van der Waals surface area (Å²) in [6.45, 7) is 1.70. The largest absolute Gasteiger partial charge is 0.573 e. The molecule has 1 aromatic carbocycles. The van der Waals surface area contributed by atoms with Crippen molar-refractivity contribution in [3.05, 3.63) is 47.3 Å². The third kappa shape index (κ3) is 4.07. The molecule has 0 aliphatic heterocycles. The second kappa shape index (κ2) is 6.66. The highest BCUT2D eigenvalue weighted by atomic mass is 19.4. The van der Waals surface area contributed by atoms with Gasteiger partial charge in [-0.25, -0.2) is 0 Å². The van der Waals surface area contributed by atoms with E-state index in [-0.39, 0.29) is 11.4 Å². The van der Waals surface area contributed by atoms with E-state index in [1.807, 2.05) is 0 Å². The molecule has 0 fully saturated rings. The van der Waals surface area contributed by atoms with Gasteiger partial charge in [-0.05, 0) is 24.6 Å². The number of aromatic nitrogens is 2. The summed E-state index contributed by atoms with van der Waals surface area (Å²) in [7, 11) is 1.59. The van der Waals surface area contributed by atoms with Crippen molar-refractivity contribution in [2.24, 2.45) is 7.05 Å². The molecule has 2 aromatic rings. The second-order valence-corrected chi connectivity index (χ2v) is 4.99. The Morgan fingerprint density at radius 1 is 1.38 bits per heavy atom. The van der Waals surface area contributed by atoms with Crippen LogP contribution in [0.25, 0.3) is 0 Å². The Morgan fingerprint density at radius 2 is 2.00 bits per heavy atom. The van der Waals surface area contributed by atoms with Crippen molar-refractivity contribution >= 4 is 5.91 Å². The van der Waals surface area contributed by atoms with Crippen LogP contribution < -0.4 is 10.1 Å². The van der Waals surface area contributed by atoms with Gasteiger partial charge in [-0.2, -0.15) is 5.10 Å². The van der Waals surface area contributed by atoms with Gasteiger partial charge in [0.25, 0.3) is 5.91 Å². The van der Waals surface area contributed by atoms with E-state index in [0.29, 0.717) is 11.1 Å². The fourth-order valence-corrected chi connectivity index (χ4v) is 2.12. The maximum Gasteiger partial charge on any atom is 0.573 e. The lowest BCUT2D eigenvalue weighted by atomic mass is 10.1. The quantitative estimate of drug-likeness (QED) is 0.873. The molecule has 8 heteroatoms. The molecule has 2 rings (SSSR count). The fraction of sp³-hybridized carbons (Fsp3) is 0.250. The summed E-state index contributed by atoms with van der Waals surface area (Å²) in [6, 6.07) is 4.80. The second-order valence-electron chi connectivity index (χ2n) is 4.99. The zero-order valence-electron chi connectivity index (χ0n) is 12.9. The number of hydrogen-bond donors (Lipinski definition) is 1. The molecule has 0 aliphatic rings. The molecule has 1 aromatic heterocycles. The van der Waals surface area contributed by atoms with Crippen molar-refractivity contribution in [2.45, 2.75) is 19.3 Å². The number of rotatable bonds is 4. The first kappa shape index (κ1) is 17.4. The number of nitrogens with zero attached hydrogens (tertiary/aromatic N) is 2. The van der Waals surface area contributed by atoms with E-state index in [1.54, 1.807) is 14.0 Å². The molecule has 1 heterocycles. The molecule has 24 heavy (non-hydrogen) atoms. The van der Waals surface area contributed by atoms with Crippen molar-refractivity contribution in [1.82, 2.24) is 15.1 Å². The molecule has 126 valence electrons. The summed E-state index contributed by atoms with van der Waals surface area (Å²) in [4.78, 5) is 12.3. The van der Waals surface area contributed by atoms with E-state index in [0.717, 1.165) is 0 Å². The predicted molar refractivity (Wildman–Crippen MR) is 80.1 cm³/mol. The highest BCUT2D eigenvalue weighted by molar-refractivity contribution is 5.95. The fourth-order valence-electron chi connectivity index (χ4n) is 2.12. The Balaban J connectivity index is 2.09. The average Bonchev–Trinajstić information content (AvgIpc) is 2.87. The predicted octanol–water partition coefficient (Wildman–Crippen LogP) is 2.79. The topological polar surface area (TPSA) is 56.2 Å². The summed E-state index contributed by atoms with van der Waals surface area (Å²) in [5.74, 6) is 1.62. The average molecular weight is 337 g/mol. The summed E-state index contributed by atoms with van der Waals surface area (Å²) in [5.41, 5.74) is 1.21. The first-order valence-electron chi connectivity index (χ1n) is 6.86. The molecule has 0 unspecified atom stereocenters. The van der Waals surface area contributed by atoms with Gasteiger partial charge in [0.2, 0.25) is 0 Å². The number of amides is 1. The molecule has 0 spiro atoms. The van der Waals surface area contributed by atoms with Gasteiger partial charge >= 0.3 is 6.36 Å². The standard InChI is InChI=1S/C16H14F3N3O2/c1-4-11-9-20-22(3)14(11)15(23)21-10(2)12-5-7-13(8-6-12)24-16(17,18)19/h1,5-10H,2-3H3,(H,21,23)/t10-/m1/s1. The van der Waals surface area contributed by atoms with E-state index < -0.39 is 18.3 Å². The highest BCUT2D eigenvalue weighted by Gasteiger charge is 2.31. The third-order valence-corrected chi connectivity index (χ3v) is 3.27. The molecule has 0 bridgehead atoms. The van der Waals surface area contributed by atoms with E-state index in [1.165, 1.54) is 35.1 Å². The summed E-state index contributed by atoms with van der Waals surface area (Å²) < 4.78 is 41.6. The lowest BCUT2D eigenvalue weighted by molar-refractivity contribution is -0.274. The number of alkyl halides is 3. The number of halogens is 3. The van der Waals surface area contributed by atoms with Crippen LogP contribution in [0.2, 0.25) is 0 Å². The normalized spacial score (nSPS) is 12.3. The van der Waals surface area contributed by atoms with Crippen molar-refractivity contribution < 1.29 is 22.7 Å². The van der Waals surface area contributed by atoms with E-state index in [4.69, 9.17) is 6.42 Å². The van der Waals surface area contributed by atoms with E-state index in [9.17, 15) is 18.0 Å². The number of aryl methyl sites for hydroxylation is 1. The van der Waals surface area contributed by atoms with Crippen LogP contribution in [0.4, 0.5) is 13.2 Å². The maximum absolute atomic E-state index is 12.3. The Morgan fingerprint density at radius 3 is 2.54 bits per heavy atom. The van der Waals surface area contributed by atoms with Crippen molar-refractivity contribution in [1.29, 1.82) is 0 Å². The minimum absolute atomic E-state index is 0.237. The van der Waals surface area contributed by atoms with Crippen LogP contribution in [0.3, 0.4) is 0 Å². The number of carbonyl (C=O) groups is 1. The van der Waals surface area contributed by atoms with Crippen molar-refractivity contribution in [3.63, 3.8) is 0 Å². The zero-order valence-corrected chi connectivity index (χ0v) is 12.9. The lowest BCUT2D eigenvalue weighted by Crippen LogP contribution is -2.29. The molecule has 0 aliphatic carbocycles. The van der Waals surface area contributed by atoms with Crippen LogP contribution in [0.5, 0.6) is 5.75 Å². The van der Waals surface area contributed by atoms with Crippen LogP contribution in [-0.4, -0.2) is 22.1 Å². The van der Waals surface area contributed by atoms with Crippen molar-refractivity contribution in [2.75, 3.05) is 0 Å². The number of terminal acetylenes is 1. The van der Waals surface area contributed by atoms with Gasteiger partial charge in [-0.1, -0.05) is 18.1 Å². The van der Waals surface area contributed by atoms with Gasteiger partial charge in [0.05, 0.1) is 17.8 Å². The Hall–Kier alpha value is -2.95. The Kier molecular flexibility index (Phi) is 4.83. The SMILES string of the molecule is C#Cc1cnn(C)c1C(=O)N[C@H](C)c1ccc(OC(F)(F)F)cc1. The Labute approximate surface area is 136 Å². The smallest absolute Gasteiger partial charge is 0.406 e. The summed E-state index contributed by atoms with van der Waals surface area (Å²) >= 11 is 0. The monoisotopic (exact) mass is 337 g/mol. The van der Waals surface area contributed by atoms with Crippen LogP contribution in [0.1, 0.15) is 34.6 Å². The number of nitrogens with one attached hydrogen (secondary N) is 1. The first-order chi connectivity index (χ1) is 11.2. The molecule has 0 saturated carbocycles. The van der Waals surface area contributed by atoms with Gasteiger partial charge in [0.1, 0.15) is 11.4 Å². The van der Waals surface area contributed by atoms with Gasteiger partial charge in [-0.15, -0.1) is 19.6 Å². The lowest BCUT2D eigenvalue weighted by Gasteiger charge is -2.15. The number of ether oxygens (including phenoxy) is 1. The minimum Gasteiger partial charge on any atom is -0.406 e. The van der Waals surface area contributed by atoms with Crippen molar-refractivity contribution in [3.8, 4) is 18.1 Å². The highest BCUT2D eigenvalue weighted by Crippen LogP contribution is 2.24. The summed E-state index contributed by atoms with van der Waals surface area (Å²) in [6.07, 6.45) is 1.98. The molecule has 1 N–H and O–H groups in total.